The molecule has 1 atom stereocenters. The number of amides is 1. The highest BCUT2D eigenvalue weighted by Crippen LogP contribution is 2.42. The van der Waals surface area contributed by atoms with Crippen molar-refractivity contribution in [3.05, 3.63) is 52.2 Å². The Balaban J connectivity index is 1.90. The van der Waals surface area contributed by atoms with Crippen LogP contribution in [0.15, 0.2) is 41.8 Å². The first-order chi connectivity index (χ1) is 10.7. The third-order valence-electron chi connectivity index (χ3n) is 4.54. The number of benzene rings is 1. The minimum absolute atomic E-state index is 0.000509. The average Bonchev–Trinajstić information content (AvgIpc) is 3.09. The third-order valence-corrected chi connectivity index (χ3v) is 5.40. The van der Waals surface area contributed by atoms with Gasteiger partial charge >= 0.3 is 0 Å². The van der Waals surface area contributed by atoms with Gasteiger partial charge in [-0.25, -0.2) is 0 Å². The highest BCUT2D eigenvalue weighted by molar-refractivity contribution is 7.12. The molecule has 0 radical (unpaired) electrons. The van der Waals surface area contributed by atoms with Gasteiger partial charge in [-0.15, -0.1) is 11.3 Å². The third kappa shape index (κ3) is 2.75. The van der Waals surface area contributed by atoms with Crippen LogP contribution in [0, 0.1) is 0 Å². The maximum Gasteiger partial charge on any atom is 0.261 e. The molecule has 0 aliphatic carbocycles. The number of thiophene rings is 1. The number of nitrogens with one attached hydrogen (secondary N) is 1. The van der Waals surface area contributed by atoms with E-state index in [1.807, 2.05) is 41.8 Å². The zero-order valence-corrected chi connectivity index (χ0v) is 13.8. The van der Waals surface area contributed by atoms with E-state index in [2.05, 4.69) is 19.2 Å². The number of fused-ring (bicyclic) bond motifs is 1. The maximum absolute atomic E-state index is 12.4. The van der Waals surface area contributed by atoms with Crippen LogP contribution < -0.4 is 10.1 Å². The fourth-order valence-corrected chi connectivity index (χ4v) is 3.69. The van der Waals surface area contributed by atoms with Gasteiger partial charge in [0.1, 0.15) is 11.4 Å². The molecule has 1 aromatic heterocycles. The summed E-state index contributed by atoms with van der Waals surface area (Å²) in [7, 11) is 0. The molecule has 2 heterocycles. The Kier molecular flexibility index (Phi) is 4.21. The van der Waals surface area contributed by atoms with E-state index in [1.165, 1.54) is 11.3 Å². The molecular formula is C18H21NO2S. The van der Waals surface area contributed by atoms with E-state index < -0.39 is 0 Å². The molecule has 22 heavy (non-hydrogen) atoms. The summed E-state index contributed by atoms with van der Waals surface area (Å²) >= 11 is 1.47. The van der Waals surface area contributed by atoms with Crippen molar-refractivity contribution < 1.29 is 9.53 Å². The Labute approximate surface area is 135 Å². The second kappa shape index (κ2) is 6.13. The van der Waals surface area contributed by atoms with E-state index in [9.17, 15) is 4.79 Å². The molecule has 0 spiro atoms. The zero-order valence-electron chi connectivity index (χ0n) is 13.0. The Hall–Kier alpha value is -1.81. The molecule has 0 saturated heterocycles. The number of ether oxygens (including phenoxy) is 1. The monoisotopic (exact) mass is 315 g/mol. The van der Waals surface area contributed by atoms with Gasteiger partial charge in [-0.2, -0.15) is 0 Å². The van der Waals surface area contributed by atoms with Crippen LogP contribution in [-0.2, 0) is 0 Å². The normalized spacial score (nSPS) is 19.1. The van der Waals surface area contributed by atoms with Crippen LogP contribution in [0.2, 0.25) is 0 Å². The number of carbonyl (C=O) groups excluding carboxylic acids is 1. The molecule has 4 heteroatoms. The van der Waals surface area contributed by atoms with Crippen LogP contribution in [0.3, 0.4) is 0 Å². The van der Waals surface area contributed by atoms with E-state index in [4.69, 9.17) is 4.74 Å². The zero-order chi connectivity index (χ0) is 15.6. The number of hydrogen-bond donors (Lipinski definition) is 1. The summed E-state index contributed by atoms with van der Waals surface area (Å²) in [5.74, 6) is 0.895. The van der Waals surface area contributed by atoms with E-state index in [0.29, 0.717) is 0 Å². The first-order valence-corrected chi connectivity index (χ1v) is 8.68. The summed E-state index contributed by atoms with van der Waals surface area (Å²) in [6, 6.07) is 11.8. The molecule has 1 unspecified atom stereocenters. The van der Waals surface area contributed by atoms with Crippen LogP contribution in [0.1, 0.15) is 54.4 Å². The summed E-state index contributed by atoms with van der Waals surface area (Å²) in [4.78, 5) is 13.2. The predicted molar refractivity (Wildman–Crippen MR) is 89.5 cm³/mol. The maximum atomic E-state index is 12.4. The second-order valence-corrected chi connectivity index (χ2v) is 6.69. The number of rotatable bonds is 4. The molecule has 0 saturated carbocycles. The van der Waals surface area contributed by atoms with Crippen LogP contribution in [-0.4, -0.2) is 11.5 Å². The standard InChI is InChI=1S/C18H21NO2S/c1-3-18(4-2)12-14(13-8-5-6-9-15(13)21-18)19-17(20)16-10-7-11-22-16/h5-11,14H,3-4,12H2,1-2H3,(H,19,20). The molecule has 1 amide bonds. The van der Waals surface area contributed by atoms with Gasteiger partial charge in [0.25, 0.3) is 5.91 Å². The highest BCUT2D eigenvalue weighted by atomic mass is 32.1. The SMILES string of the molecule is CCC1(CC)CC(NC(=O)c2cccs2)c2ccccc2O1. The van der Waals surface area contributed by atoms with Gasteiger partial charge in [-0.1, -0.05) is 38.1 Å². The predicted octanol–water partition coefficient (Wildman–Crippen LogP) is 4.56. The fraction of sp³-hybridized carbons (Fsp3) is 0.389. The number of carbonyl (C=O) groups is 1. The van der Waals surface area contributed by atoms with Crippen LogP contribution >= 0.6 is 11.3 Å². The first kappa shape index (κ1) is 15.1. The number of para-hydroxylation sites is 1. The van der Waals surface area contributed by atoms with E-state index in [0.717, 1.165) is 35.5 Å². The molecule has 0 bridgehead atoms. The summed E-state index contributed by atoms with van der Waals surface area (Å²) in [6.07, 6.45) is 2.68. The highest BCUT2D eigenvalue weighted by Gasteiger charge is 2.39. The Morgan fingerprint density at radius 2 is 2.05 bits per heavy atom. The van der Waals surface area contributed by atoms with Crippen molar-refractivity contribution in [2.24, 2.45) is 0 Å². The lowest BCUT2D eigenvalue weighted by Crippen LogP contribution is -2.44. The molecule has 116 valence electrons. The topological polar surface area (TPSA) is 38.3 Å². The molecular weight excluding hydrogens is 294 g/mol. The Morgan fingerprint density at radius 1 is 1.27 bits per heavy atom. The average molecular weight is 315 g/mol. The minimum atomic E-state index is -0.193. The van der Waals surface area contributed by atoms with Gasteiger partial charge in [0.05, 0.1) is 10.9 Å². The van der Waals surface area contributed by atoms with E-state index in [-0.39, 0.29) is 17.6 Å². The van der Waals surface area contributed by atoms with Gasteiger partial charge in [0, 0.05) is 12.0 Å². The lowest BCUT2D eigenvalue weighted by atomic mass is 9.83. The first-order valence-electron chi connectivity index (χ1n) is 7.80. The van der Waals surface area contributed by atoms with Crippen molar-refractivity contribution in [2.45, 2.75) is 44.8 Å². The quantitative estimate of drug-likeness (QED) is 0.898. The van der Waals surface area contributed by atoms with Crippen LogP contribution in [0.5, 0.6) is 5.75 Å². The Bertz CT molecular complexity index is 647. The van der Waals surface area contributed by atoms with Crippen molar-refractivity contribution >= 4 is 17.2 Å². The molecule has 1 aromatic carbocycles. The number of hydrogen-bond acceptors (Lipinski definition) is 3. The van der Waals surface area contributed by atoms with Crippen molar-refractivity contribution in [3.8, 4) is 5.75 Å². The van der Waals surface area contributed by atoms with Gasteiger partial charge in [-0.3, -0.25) is 4.79 Å². The summed E-state index contributed by atoms with van der Waals surface area (Å²) in [5, 5.41) is 5.12. The van der Waals surface area contributed by atoms with E-state index >= 15 is 0 Å². The lowest BCUT2D eigenvalue weighted by molar-refractivity contribution is 0.0228. The molecule has 3 rings (SSSR count). The molecule has 0 fully saturated rings. The van der Waals surface area contributed by atoms with Crippen molar-refractivity contribution in [3.63, 3.8) is 0 Å². The smallest absolute Gasteiger partial charge is 0.261 e. The lowest BCUT2D eigenvalue weighted by Gasteiger charge is -2.41. The van der Waals surface area contributed by atoms with Crippen LogP contribution in [0.4, 0.5) is 0 Å². The molecule has 1 N–H and O–H groups in total. The second-order valence-electron chi connectivity index (χ2n) is 5.74. The molecule has 2 aromatic rings. The molecule has 3 nitrogen and oxygen atoms in total. The fourth-order valence-electron chi connectivity index (χ4n) is 3.07. The van der Waals surface area contributed by atoms with Crippen molar-refractivity contribution in [1.29, 1.82) is 0 Å². The van der Waals surface area contributed by atoms with E-state index in [1.54, 1.807) is 0 Å². The van der Waals surface area contributed by atoms with Crippen LogP contribution in [0.25, 0.3) is 0 Å². The summed E-state index contributed by atoms with van der Waals surface area (Å²) in [6.45, 7) is 4.30. The van der Waals surface area contributed by atoms with Crippen molar-refractivity contribution in [2.75, 3.05) is 0 Å². The largest absolute Gasteiger partial charge is 0.487 e. The van der Waals surface area contributed by atoms with Gasteiger partial charge in [0.15, 0.2) is 0 Å². The molecule has 1 aliphatic heterocycles. The van der Waals surface area contributed by atoms with Gasteiger partial charge in [-0.05, 0) is 30.4 Å². The minimum Gasteiger partial charge on any atom is -0.487 e. The van der Waals surface area contributed by atoms with Gasteiger partial charge < -0.3 is 10.1 Å². The summed E-state index contributed by atoms with van der Waals surface area (Å²) < 4.78 is 6.27. The molecule has 1 aliphatic rings. The van der Waals surface area contributed by atoms with Gasteiger partial charge in [0.2, 0.25) is 0 Å². The Morgan fingerprint density at radius 3 is 2.73 bits per heavy atom. The van der Waals surface area contributed by atoms with Crippen molar-refractivity contribution in [1.82, 2.24) is 5.32 Å². The summed E-state index contributed by atoms with van der Waals surface area (Å²) in [5.41, 5.74) is 0.881.